The van der Waals surface area contributed by atoms with E-state index in [0.29, 0.717) is 25.3 Å². The molecule has 0 radical (unpaired) electrons. The largest absolute Gasteiger partial charge is 0.378 e. The number of nitrogens with zero attached hydrogens (tertiary/aromatic N) is 2. The summed E-state index contributed by atoms with van der Waals surface area (Å²) in [5, 5.41) is 0. The van der Waals surface area contributed by atoms with Crippen molar-refractivity contribution in [3.05, 3.63) is 71.3 Å². The van der Waals surface area contributed by atoms with E-state index in [9.17, 15) is 0 Å². The van der Waals surface area contributed by atoms with Crippen molar-refractivity contribution in [2.24, 2.45) is 0 Å². The smallest absolute Gasteiger partial charge is 0.108 e. The predicted molar refractivity (Wildman–Crippen MR) is 134 cm³/mol. The molecule has 0 saturated carbocycles. The molecular weight excluding hydrogens is 431 g/mol. The standard InChI is InChI=1S/C25H36N2O2.2ClH/c1-20-10-8-9-13-24(20)25(23-11-6-5-7-12-23)29-17-16-28-15-14-27-19-21(2)26(4)18-22(27)3;;/h5-13,21-22,25H,14-19H2,1-4H3;2*1H. The van der Waals surface area contributed by atoms with Crippen molar-refractivity contribution >= 4 is 24.8 Å². The van der Waals surface area contributed by atoms with Crippen molar-refractivity contribution in [1.29, 1.82) is 0 Å². The Kier molecular flexibility index (Phi) is 12.7. The van der Waals surface area contributed by atoms with Crippen LogP contribution in [0, 0.1) is 6.92 Å². The quantitative estimate of drug-likeness (QED) is 0.484. The van der Waals surface area contributed by atoms with Crippen molar-refractivity contribution < 1.29 is 9.47 Å². The van der Waals surface area contributed by atoms with E-state index in [4.69, 9.17) is 9.47 Å². The van der Waals surface area contributed by atoms with Gasteiger partial charge in [0, 0.05) is 31.7 Å². The first-order valence-corrected chi connectivity index (χ1v) is 10.8. The van der Waals surface area contributed by atoms with E-state index >= 15 is 0 Å². The fourth-order valence-electron chi connectivity index (χ4n) is 4.07. The van der Waals surface area contributed by atoms with Gasteiger partial charge in [0.2, 0.25) is 0 Å². The van der Waals surface area contributed by atoms with Gasteiger partial charge in [0.15, 0.2) is 0 Å². The maximum Gasteiger partial charge on any atom is 0.108 e. The zero-order valence-corrected chi connectivity index (χ0v) is 20.8. The molecule has 1 aliphatic heterocycles. The molecule has 174 valence electrons. The summed E-state index contributed by atoms with van der Waals surface area (Å²) in [7, 11) is 2.21. The van der Waals surface area contributed by atoms with Crippen LogP contribution in [0.4, 0.5) is 0 Å². The van der Waals surface area contributed by atoms with Crippen molar-refractivity contribution in [3.63, 3.8) is 0 Å². The van der Waals surface area contributed by atoms with Crippen LogP contribution in [0.2, 0.25) is 0 Å². The fourth-order valence-corrected chi connectivity index (χ4v) is 4.07. The molecule has 0 aliphatic carbocycles. The van der Waals surface area contributed by atoms with Crippen LogP contribution >= 0.6 is 24.8 Å². The Morgan fingerprint density at radius 2 is 1.55 bits per heavy atom. The van der Waals surface area contributed by atoms with Crippen LogP contribution in [0.1, 0.15) is 36.6 Å². The highest BCUT2D eigenvalue weighted by Crippen LogP contribution is 2.28. The average molecular weight is 469 g/mol. The third kappa shape index (κ3) is 8.05. The molecule has 3 rings (SSSR count). The minimum atomic E-state index is -0.0560. The first-order chi connectivity index (χ1) is 14.1. The molecule has 1 heterocycles. The molecule has 2 aromatic rings. The van der Waals surface area contributed by atoms with Gasteiger partial charge in [-0.1, -0.05) is 54.6 Å². The number of hydrogen-bond acceptors (Lipinski definition) is 4. The lowest BCUT2D eigenvalue weighted by Crippen LogP contribution is -2.55. The molecule has 1 aliphatic rings. The molecule has 0 N–H and O–H groups in total. The molecule has 1 saturated heterocycles. The Hall–Kier alpha value is -1.14. The van der Waals surface area contributed by atoms with Gasteiger partial charge in [-0.15, -0.1) is 24.8 Å². The number of rotatable bonds is 9. The molecule has 0 aromatic heterocycles. The minimum Gasteiger partial charge on any atom is -0.378 e. The van der Waals surface area contributed by atoms with Gasteiger partial charge in [0.05, 0.1) is 19.8 Å². The van der Waals surface area contributed by atoms with Crippen LogP contribution in [0.15, 0.2) is 54.6 Å². The monoisotopic (exact) mass is 468 g/mol. The number of ether oxygens (including phenoxy) is 2. The number of hydrogen-bond donors (Lipinski definition) is 0. The maximum atomic E-state index is 6.29. The Morgan fingerprint density at radius 3 is 2.26 bits per heavy atom. The molecule has 3 atom stereocenters. The van der Waals surface area contributed by atoms with E-state index in [-0.39, 0.29) is 30.9 Å². The summed E-state index contributed by atoms with van der Waals surface area (Å²) >= 11 is 0. The lowest BCUT2D eigenvalue weighted by atomic mass is 9.97. The second-order valence-electron chi connectivity index (χ2n) is 8.26. The molecule has 4 nitrogen and oxygen atoms in total. The highest BCUT2D eigenvalue weighted by Gasteiger charge is 2.26. The van der Waals surface area contributed by atoms with Crippen molar-refractivity contribution in [1.82, 2.24) is 9.80 Å². The molecular formula is C25H38Cl2N2O2. The van der Waals surface area contributed by atoms with Gasteiger partial charge in [-0.05, 0) is 44.5 Å². The third-order valence-corrected chi connectivity index (χ3v) is 6.04. The van der Waals surface area contributed by atoms with E-state index in [2.05, 4.69) is 86.1 Å². The summed E-state index contributed by atoms with van der Waals surface area (Å²) < 4.78 is 12.2. The number of halogens is 2. The summed E-state index contributed by atoms with van der Waals surface area (Å²) in [6, 6.07) is 20.1. The number of piperazine rings is 1. The van der Waals surface area contributed by atoms with E-state index in [1.807, 2.05) is 6.07 Å². The van der Waals surface area contributed by atoms with Crippen molar-refractivity contribution in [3.8, 4) is 0 Å². The van der Waals surface area contributed by atoms with Gasteiger partial charge in [-0.25, -0.2) is 0 Å². The van der Waals surface area contributed by atoms with Crippen molar-refractivity contribution in [2.45, 2.75) is 39.0 Å². The van der Waals surface area contributed by atoms with E-state index in [0.717, 1.165) is 26.2 Å². The zero-order valence-electron chi connectivity index (χ0n) is 19.2. The van der Waals surface area contributed by atoms with Crippen molar-refractivity contribution in [2.75, 3.05) is 46.5 Å². The Labute approximate surface area is 200 Å². The van der Waals surface area contributed by atoms with Crippen LogP contribution in [0.5, 0.6) is 0 Å². The Bertz CT molecular complexity index is 747. The second kappa shape index (κ2) is 14.1. The van der Waals surface area contributed by atoms with Crippen LogP contribution in [0.25, 0.3) is 0 Å². The minimum absolute atomic E-state index is 0. The highest BCUT2D eigenvalue weighted by molar-refractivity contribution is 5.85. The molecule has 2 aromatic carbocycles. The summed E-state index contributed by atoms with van der Waals surface area (Å²) in [4.78, 5) is 4.97. The molecule has 31 heavy (non-hydrogen) atoms. The molecule has 0 spiro atoms. The van der Waals surface area contributed by atoms with Crippen LogP contribution in [-0.2, 0) is 9.47 Å². The molecule has 3 unspecified atom stereocenters. The normalized spacial score (nSPS) is 20.5. The maximum absolute atomic E-state index is 6.29. The highest BCUT2D eigenvalue weighted by atomic mass is 35.5. The van der Waals surface area contributed by atoms with Gasteiger partial charge in [0.25, 0.3) is 0 Å². The van der Waals surface area contributed by atoms with Gasteiger partial charge in [-0.3, -0.25) is 4.90 Å². The average Bonchev–Trinajstić information content (AvgIpc) is 2.72. The van der Waals surface area contributed by atoms with Gasteiger partial charge in [0.1, 0.15) is 6.10 Å². The summed E-state index contributed by atoms with van der Waals surface area (Å²) in [6.07, 6.45) is -0.0560. The summed E-state index contributed by atoms with van der Waals surface area (Å²) in [6.45, 7) is 11.9. The van der Waals surface area contributed by atoms with Crippen LogP contribution in [-0.4, -0.2) is 68.4 Å². The topological polar surface area (TPSA) is 24.9 Å². The van der Waals surface area contributed by atoms with E-state index in [1.165, 1.54) is 16.7 Å². The Balaban J connectivity index is 0.00000240. The van der Waals surface area contributed by atoms with E-state index in [1.54, 1.807) is 0 Å². The van der Waals surface area contributed by atoms with Gasteiger partial charge < -0.3 is 14.4 Å². The SMILES string of the molecule is Cc1ccccc1C(OCCOCCN1CC(C)N(C)CC1C)c1ccccc1.Cl.Cl. The zero-order chi connectivity index (χ0) is 20.6. The lowest BCUT2D eigenvalue weighted by molar-refractivity contribution is -0.000844. The number of likely N-dealkylation sites (N-methyl/N-ethyl adjacent to an activating group) is 1. The number of aryl methyl sites for hydroxylation is 1. The summed E-state index contributed by atoms with van der Waals surface area (Å²) in [5.74, 6) is 0. The Morgan fingerprint density at radius 1 is 0.871 bits per heavy atom. The third-order valence-electron chi connectivity index (χ3n) is 6.04. The number of benzene rings is 2. The summed E-state index contributed by atoms with van der Waals surface area (Å²) in [5.41, 5.74) is 3.65. The first kappa shape index (κ1) is 27.9. The van der Waals surface area contributed by atoms with E-state index < -0.39 is 0 Å². The van der Waals surface area contributed by atoms with Gasteiger partial charge in [-0.2, -0.15) is 0 Å². The predicted octanol–water partition coefficient (Wildman–Crippen LogP) is 4.99. The van der Waals surface area contributed by atoms with Gasteiger partial charge >= 0.3 is 0 Å². The second-order valence-corrected chi connectivity index (χ2v) is 8.26. The molecule has 0 bridgehead atoms. The fraction of sp³-hybridized carbons (Fsp3) is 0.520. The molecule has 1 fully saturated rings. The lowest BCUT2D eigenvalue weighted by Gasteiger charge is -2.42. The van der Waals surface area contributed by atoms with Crippen LogP contribution in [0.3, 0.4) is 0 Å². The van der Waals surface area contributed by atoms with Crippen LogP contribution < -0.4 is 0 Å². The first-order valence-electron chi connectivity index (χ1n) is 10.8. The molecule has 0 amide bonds. The molecule has 6 heteroatoms.